The van der Waals surface area contributed by atoms with Crippen LogP contribution < -0.4 is 44.7 Å². The molecular weight excluding hydrogens is 535 g/mol. The van der Waals surface area contributed by atoms with E-state index in [9.17, 15) is 19.5 Å². The Morgan fingerprint density at radius 1 is 1.12 bits per heavy atom. The molecule has 208 valence electrons. The molecule has 2 aliphatic heterocycles. The molecule has 2 aromatic rings. The first-order valence-corrected chi connectivity index (χ1v) is 14.9. The Labute approximate surface area is 263 Å². The number of nitrogens with zero attached hydrogens (tertiary/aromatic N) is 1. The molecule has 0 spiro atoms. The van der Waals surface area contributed by atoms with E-state index in [0.717, 1.165) is 43.4 Å². The summed E-state index contributed by atoms with van der Waals surface area (Å²) in [5, 5.41) is 14.5. The first-order valence-electron chi connectivity index (χ1n) is 14.0. The number of hydrogen-bond acceptors (Lipinski definition) is 6. The molecule has 5 unspecified atom stereocenters. The molecule has 2 saturated heterocycles. The van der Waals surface area contributed by atoms with Gasteiger partial charge in [-0.05, 0) is 68.7 Å². The summed E-state index contributed by atoms with van der Waals surface area (Å²) in [6.45, 7) is 6.39. The molecular formula is C31H37N2NaO5S. The van der Waals surface area contributed by atoms with Gasteiger partial charge in [-0.2, -0.15) is 0 Å². The van der Waals surface area contributed by atoms with Crippen LogP contribution in [0.1, 0.15) is 64.0 Å². The largest absolute Gasteiger partial charge is 1.00 e. The van der Waals surface area contributed by atoms with Gasteiger partial charge >= 0.3 is 29.6 Å². The number of carboxylic acids is 1. The Morgan fingerprint density at radius 3 is 2.48 bits per heavy atom. The number of thioether (sulfide) groups is 1. The number of unbranched alkanes of at least 4 members (excludes halogenated alkanes) is 1. The number of carbonyl (C=O) groups is 3. The third-order valence-corrected chi connectivity index (χ3v) is 10.2. The number of ether oxygens (including phenoxy) is 1. The third-order valence-electron chi connectivity index (χ3n) is 8.64. The molecule has 1 saturated carbocycles. The van der Waals surface area contributed by atoms with Crippen molar-refractivity contribution < 1.29 is 53.8 Å². The molecule has 3 aliphatic rings. The molecule has 1 aliphatic carbocycles. The van der Waals surface area contributed by atoms with Crippen molar-refractivity contribution in [2.75, 3.05) is 6.61 Å². The van der Waals surface area contributed by atoms with Crippen molar-refractivity contribution in [3.8, 4) is 5.75 Å². The average Bonchev–Trinajstić information content (AvgIpc) is 3.45. The van der Waals surface area contributed by atoms with Crippen molar-refractivity contribution in [1.82, 2.24) is 10.2 Å². The molecule has 2 heterocycles. The smallest absolute Gasteiger partial charge is 0.548 e. The standard InChI is InChI=1S/C31H38N2O5S.Na/c1-4-5-18-38-23-15-13-21(14-16-23)31(17-9-12-22(31)19-20-10-7-6-8-11-20)29(37)32-24-26(34)33-25(28(35)36)30(2,3)39-27(24)33;/h6-8,10-11,13-16,22,24-25,27H,4-5,9,12,17-19H2,1-3H3,(H,32,37)(H,35,36);/q;+1/p-1. The minimum Gasteiger partial charge on any atom is -0.548 e. The van der Waals surface area contributed by atoms with E-state index in [2.05, 4.69) is 24.4 Å². The van der Waals surface area contributed by atoms with Gasteiger partial charge in [0, 0.05) is 4.75 Å². The molecule has 0 radical (unpaired) electrons. The number of rotatable bonds is 10. The Kier molecular flexibility index (Phi) is 9.65. The van der Waals surface area contributed by atoms with Gasteiger partial charge in [0.05, 0.1) is 24.0 Å². The first kappa shape index (κ1) is 30.9. The molecule has 9 heteroatoms. The monoisotopic (exact) mass is 572 g/mol. The van der Waals surface area contributed by atoms with Crippen molar-refractivity contribution >= 4 is 29.5 Å². The minimum absolute atomic E-state index is 0. The summed E-state index contributed by atoms with van der Waals surface area (Å²) in [5.74, 6) is -0.934. The van der Waals surface area contributed by atoms with E-state index >= 15 is 0 Å². The summed E-state index contributed by atoms with van der Waals surface area (Å²) >= 11 is 1.41. The van der Waals surface area contributed by atoms with E-state index in [4.69, 9.17) is 4.74 Å². The molecule has 1 N–H and O–H groups in total. The second kappa shape index (κ2) is 12.5. The zero-order valence-electron chi connectivity index (χ0n) is 23.9. The fourth-order valence-corrected chi connectivity index (χ4v) is 8.26. The van der Waals surface area contributed by atoms with Crippen LogP contribution in [-0.4, -0.2) is 51.5 Å². The van der Waals surface area contributed by atoms with Gasteiger partial charge in [0.2, 0.25) is 11.8 Å². The molecule has 7 nitrogen and oxygen atoms in total. The molecule has 40 heavy (non-hydrogen) atoms. The Morgan fingerprint density at radius 2 is 1.82 bits per heavy atom. The summed E-state index contributed by atoms with van der Waals surface area (Å²) < 4.78 is 5.17. The normalized spacial score (nSPS) is 28.3. The van der Waals surface area contributed by atoms with Gasteiger partial charge in [-0.15, -0.1) is 11.8 Å². The molecule has 2 amide bonds. The summed E-state index contributed by atoms with van der Waals surface area (Å²) in [7, 11) is 0. The fraction of sp³-hybridized carbons (Fsp3) is 0.516. The summed E-state index contributed by atoms with van der Waals surface area (Å²) in [5.41, 5.74) is 1.30. The average molecular weight is 573 g/mol. The van der Waals surface area contributed by atoms with E-state index in [0.29, 0.717) is 13.0 Å². The Bertz CT molecular complexity index is 1220. The topological polar surface area (TPSA) is 98.8 Å². The second-order valence-electron chi connectivity index (χ2n) is 11.5. The Balaban J connectivity index is 0.00000370. The maximum Gasteiger partial charge on any atom is 1.00 e. The minimum atomic E-state index is -1.26. The predicted octanol–water partition coefficient (Wildman–Crippen LogP) is 0.447. The van der Waals surface area contributed by atoms with E-state index in [1.54, 1.807) is 13.8 Å². The summed E-state index contributed by atoms with van der Waals surface area (Å²) in [6, 6.07) is 16.3. The number of amides is 2. The number of hydrogen-bond donors (Lipinski definition) is 1. The van der Waals surface area contributed by atoms with Crippen molar-refractivity contribution in [2.45, 2.75) is 86.9 Å². The van der Waals surface area contributed by atoms with Crippen LogP contribution in [0.15, 0.2) is 54.6 Å². The SMILES string of the molecule is CCCCOc1ccc(C2(C(=O)NC3C(=O)N4C3SC(C)(C)C4C(=O)[O-])CCCC2Cc2ccccc2)cc1.[Na+]. The van der Waals surface area contributed by atoms with Crippen molar-refractivity contribution in [3.63, 3.8) is 0 Å². The van der Waals surface area contributed by atoms with E-state index in [1.807, 2.05) is 42.5 Å². The van der Waals surface area contributed by atoms with Crippen molar-refractivity contribution in [2.24, 2.45) is 5.92 Å². The Hall–Kier alpha value is -2.00. The van der Waals surface area contributed by atoms with Crippen LogP contribution in [-0.2, 0) is 26.2 Å². The van der Waals surface area contributed by atoms with E-state index in [1.165, 1.54) is 22.2 Å². The van der Waals surface area contributed by atoms with Crippen molar-refractivity contribution in [3.05, 3.63) is 65.7 Å². The van der Waals surface area contributed by atoms with Gasteiger partial charge in [-0.1, -0.05) is 62.2 Å². The van der Waals surface area contributed by atoms with Crippen molar-refractivity contribution in [1.29, 1.82) is 0 Å². The fourth-order valence-electron chi connectivity index (χ4n) is 6.64. The molecule has 5 atom stereocenters. The van der Waals surface area contributed by atoms with E-state index < -0.39 is 33.6 Å². The number of β-lactam (4-membered cyclic amide) rings is 1. The van der Waals surface area contributed by atoms with Crippen LogP contribution in [0.5, 0.6) is 5.75 Å². The molecule has 0 aromatic heterocycles. The van der Waals surface area contributed by atoms with Crippen LogP contribution in [0.3, 0.4) is 0 Å². The number of carboxylic acid groups (broad SMARTS) is 1. The van der Waals surface area contributed by atoms with Crippen LogP contribution in [0.4, 0.5) is 0 Å². The predicted molar refractivity (Wildman–Crippen MR) is 149 cm³/mol. The molecule has 5 rings (SSSR count). The molecule has 3 fully saturated rings. The number of carbonyl (C=O) groups excluding carboxylic acids is 3. The number of aliphatic carboxylic acids is 1. The number of nitrogens with one attached hydrogen (secondary N) is 1. The quantitative estimate of drug-likeness (QED) is 0.252. The van der Waals surface area contributed by atoms with Gasteiger partial charge in [-0.25, -0.2) is 0 Å². The third kappa shape index (κ3) is 5.57. The maximum atomic E-state index is 14.3. The maximum absolute atomic E-state index is 14.3. The number of benzene rings is 2. The van der Waals surface area contributed by atoms with Crippen LogP contribution in [0.25, 0.3) is 0 Å². The zero-order valence-corrected chi connectivity index (χ0v) is 26.7. The van der Waals surface area contributed by atoms with Gasteiger partial charge < -0.3 is 24.9 Å². The summed E-state index contributed by atoms with van der Waals surface area (Å²) in [4.78, 5) is 40.7. The second-order valence-corrected chi connectivity index (χ2v) is 13.3. The molecule has 0 bridgehead atoms. The molecule has 2 aromatic carbocycles. The van der Waals surface area contributed by atoms with Crippen LogP contribution in [0.2, 0.25) is 0 Å². The van der Waals surface area contributed by atoms with Crippen LogP contribution in [0, 0.1) is 5.92 Å². The summed E-state index contributed by atoms with van der Waals surface area (Å²) in [6.07, 6.45) is 5.28. The van der Waals surface area contributed by atoms with Gasteiger partial charge in [-0.3, -0.25) is 9.59 Å². The zero-order chi connectivity index (χ0) is 27.8. The van der Waals surface area contributed by atoms with Gasteiger partial charge in [0.25, 0.3) is 0 Å². The van der Waals surface area contributed by atoms with E-state index in [-0.39, 0.29) is 47.3 Å². The van der Waals surface area contributed by atoms with Gasteiger partial charge in [0.1, 0.15) is 17.2 Å². The van der Waals surface area contributed by atoms with Crippen LogP contribution >= 0.6 is 11.8 Å². The van der Waals surface area contributed by atoms with Gasteiger partial charge in [0.15, 0.2) is 0 Å². The first-order chi connectivity index (χ1) is 18.7. The number of fused-ring (bicyclic) bond motifs is 1.